The van der Waals surface area contributed by atoms with Crippen LogP contribution >= 0.6 is 0 Å². The average Bonchev–Trinajstić information content (AvgIpc) is 2.86. The maximum Gasteiger partial charge on any atom is 0.156 e. The zero-order valence-corrected chi connectivity index (χ0v) is 19.3. The molecule has 33 heavy (non-hydrogen) atoms. The molecule has 1 aliphatic heterocycles. The summed E-state index contributed by atoms with van der Waals surface area (Å²) < 4.78 is 6.06. The number of para-hydroxylation sites is 1. The highest BCUT2D eigenvalue weighted by atomic mass is 16.5. The number of nitrogens with zero attached hydrogens (tertiary/aromatic N) is 2. The first-order valence-corrected chi connectivity index (χ1v) is 11.7. The first kappa shape index (κ1) is 21.2. The van der Waals surface area contributed by atoms with Gasteiger partial charge in [-0.3, -0.25) is 4.99 Å². The molecular weight excluding hydrogens is 406 g/mol. The number of rotatable bonds is 3. The van der Waals surface area contributed by atoms with E-state index in [1.165, 1.54) is 24.0 Å². The van der Waals surface area contributed by atoms with E-state index in [1.54, 1.807) is 7.11 Å². The molecule has 1 aromatic heterocycles. The van der Waals surface area contributed by atoms with Gasteiger partial charge in [0.05, 0.1) is 18.2 Å². The summed E-state index contributed by atoms with van der Waals surface area (Å²) in [6.07, 6.45) is 4.50. The minimum absolute atomic E-state index is 0.750. The molecule has 1 aliphatic rings. The zero-order valence-electron chi connectivity index (χ0n) is 19.3. The fraction of sp³-hybridized carbons (Fsp3) is 0.241. The van der Waals surface area contributed by atoms with Gasteiger partial charge in [0, 0.05) is 23.2 Å². The van der Waals surface area contributed by atoms with E-state index in [-0.39, 0.29) is 0 Å². The Morgan fingerprint density at radius 3 is 2.55 bits per heavy atom. The van der Waals surface area contributed by atoms with Crippen molar-refractivity contribution in [1.29, 1.82) is 0 Å². The van der Waals surface area contributed by atoms with E-state index in [2.05, 4.69) is 66.8 Å². The molecule has 0 unspecified atom stereocenters. The number of hydrogen-bond acceptors (Lipinski definition) is 4. The van der Waals surface area contributed by atoms with Crippen LogP contribution in [0.4, 0.5) is 5.69 Å². The van der Waals surface area contributed by atoms with Crippen LogP contribution in [0, 0.1) is 6.92 Å². The van der Waals surface area contributed by atoms with Crippen LogP contribution in [0.2, 0.25) is 0 Å². The molecule has 0 amide bonds. The second-order valence-corrected chi connectivity index (χ2v) is 8.58. The second kappa shape index (κ2) is 9.45. The van der Waals surface area contributed by atoms with Crippen molar-refractivity contribution in [3.63, 3.8) is 0 Å². The zero-order chi connectivity index (χ0) is 22.6. The van der Waals surface area contributed by atoms with Crippen molar-refractivity contribution >= 4 is 22.4 Å². The van der Waals surface area contributed by atoms with Crippen LogP contribution in [0.15, 0.2) is 77.8 Å². The number of methoxy groups -OCH3 is 1. The molecule has 0 spiro atoms. The van der Waals surface area contributed by atoms with E-state index < -0.39 is 0 Å². The topological polar surface area (TPSA) is 46.5 Å². The highest BCUT2D eigenvalue weighted by Crippen LogP contribution is 2.37. The van der Waals surface area contributed by atoms with Crippen molar-refractivity contribution in [1.82, 2.24) is 4.98 Å². The van der Waals surface area contributed by atoms with Gasteiger partial charge in [-0.15, -0.1) is 0 Å². The molecule has 4 nitrogen and oxygen atoms in total. The Morgan fingerprint density at radius 1 is 0.879 bits per heavy atom. The minimum atomic E-state index is 0.750. The predicted octanol–water partition coefficient (Wildman–Crippen LogP) is 6.80. The lowest BCUT2D eigenvalue weighted by Crippen LogP contribution is -2.19. The van der Waals surface area contributed by atoms with Gasteiger partial charge in [0.25, 0.3) is 0 Å². The van der Waals surface area contributed by atoms with Gasteiger partial charge in [-0.05, 0) is 49.9 Å². The Kier molecular flexibility index (Phi) is 6.07. The third-order valence-corrected chi connectivity index (χ3v) is 6.23. The smallest absolute Gasteiger partial charge is 0.156 e. The highest BCUT2D eigenvalue weighted by Gasteiger charge is 2.22. The lowest BCUT2D eigenvalue weighted by molar-refractivity contribution is 0.415. The van der Waals surface area contributed by atoms with Crippen LogP contribution in [-0.2, 0) is 6.42 Å². The van der Waals surface area contributed by atoms with E-state index in [1.807, 2.05) is 18.2 Å². The van der Waals surface area contributed by atoms with Gasteiger partial charge in [-0.2, -0.15) is 0 Å². The number of aromatic nitrogens is 1. The standard InChI is InChI=1S/C29H29N3O/c1-20-16-17-25-23(19-20)26(28(33-2)27(31-25)22-13-5-3-6-14-22)29-30-18-10-4-7-11-21-12-8-9-15-24(21)32-29/h3,5-6,8-9,12-17,19H,4,7,10-11,18H2,1-2H3,(H,30,32). The van der Waals surface area contributed by atoms with Gasteiger partial charge in [0.15, 0.2) is 5.75 Å². The summed E-state index contributed by atoms with van der Waals surface area (Å²) in [5, 5.41) is 4.74. The average molecular weight is 436 g/mol. The summed E-state index contributed by atoms with van der Waals surface area (Å²) in [7, 11) is 1.73. The van der Waals surface area contributed by atoms with Crippen molar-refractivity contribution < 1.29 is 4.74 Å². The maximum atomic E-state index is 6.06. The first-order valence-electron chi connectivity index (χ1n) is 11.7. The van der Waals surface area contributed by atoms with Crippen LogP contribution in [0.1, 0.15) is 36.0 Å². The van der Waals surface area contributed by atoms with Crippen molar-refractivity contribution in [3.05, 3.63) is 89.5 Å². The van der Waals surface area contributed by atoms with Crippen LogP contribution in [0.3, 0.4) is 0 Å². The van der Waals surface area contributed by atoms with E-state index >= 15 is 0 Å². The van der Waals surface area contributed by atoms with Crippen molar-refractivity contribution in [2.45, 2.75) is 32.6 Å². The monoisotopic (exact) mass is 435 g/mol. The van der Waals surface area contributed by atoms with E-state index in [0.717, 1.165) is 64.4 Å². The minimum Gasteiger partial charge on any atom is -0.494 e. The summed E-state index contributed by atoms with van der Waals surface area (Å²) in [6, 6.07) is 25.2. The number of ether oxygens (including phenoxy) is 1. The third kappa shape index (κ3) is 4.34. The molecule has 4 heteroatoms. The maximum absolute atomic E-state index is 6.06. The molecule has 0 aliphatic carbocycles. The predicted molar refractivity (Wildman–Crippen MR) is 137 cm³/mol. The SMILES string of the molecule is COc1c(-c2ccccc2)nc2ccc(C)cc2c1C1=NCCCCCc2ccccc2N1. The molecular formula is C29H29N3O. The van der Waals surface area contributed by atoms with Crippen molar-refractivity contribution in [3.8, 4) is 17.0 Å². The van der Waals surface area contributed by atoms with E-state index in [0.29, 0.717) is 0 Å². The largest absolute Gasteiger partial charge is 0.494 e. The molecule has 1 N–H and O–H groups in total. The number of aryl methyl sites for hydroxylation is 2. The van der Waals surface area contributed by atoms with Crippen LogP contribution in [-0.4, -0.2) is 24.5 Å². The number of hydrogen-bond donors (Lipinski definition) is 1. The molecule has 4 aromatic rings. The van der Waals surface area contributed by atoms with Gasteiger partial charge in [-0.1, -0.05) is 66.6 Å². The Balaban J connectivity index is 1.78. The summed E-state index contributed by atoms with van der Waals surface area (Å²) in [5.74, 6) is 1.59. The van der Waals surface area contributed by atoms with Gasteiger partial charge in [0.2, 0.25) is 0 Å². The summed E-state index contributed by atoms with van der Waals surface area (Å²) in [5.41, 5.74) is 7.38. The van der Waals surface area contributed by atoms with Crippen molar-refractivity contribution in [2.24, 2.45) is 4.99 Å². The second-order valence-electron chi connectivity index (χ2n) is 8.58. The number of aliphatic imine (C=N–C) groups is 1. The molecule has 0 bridgehead atoms. The summed E-state index contributed by atoms with van der Waals surface area (Å²) in [4.78, 5) is 10.1. The number of amidine groups is 1. The first-order chi connectivity index (χ1) is 16.2. The van der Waals surface area contributed by atoms with E-state index in [4.69, 9.17) is 14.7 Å². The fourth-order valence-electron chi connectivity index (χ4n) is 4.55. The summed E-state index contributed by atoms with van der Waals surface area (Å²) >= 11 is 0. The highest BCUT2D eigenvalue weighted by molar-refractivity contribution is 6.18. The molecule has 0 saturated heterocycles. The van der Waals surface area contributed by atoms with Gasteiger partial charge in [-0.25, -0.2) is 4.98 Å². The Labute approximate surface area is 195 Å². The summed E-state index contributed by atoms with van der Waals surface area (Å²) in [6.45, 7) is 2.89. The molecule has 2 heterocycles. The quantitative estimate of drug-likeness (QED) is 0.385. The van der Waals surface area contributed by atoms with Crippen LogP contribution < -0.4 is 10.1 Å². The molecule has 3 aromatic carbocycles. The normalized spacial score (nSPS) is 14.2. The number of anilines is 1. The molecule has 0 atom stereocenters. The Morgan fingerprint density at radius 2 is 1.70 bits per heavy atom. The molecule has 0 fully saturated rings. The fourth-order valence-corrected chi connectivity index (χ4v) is 4.55. The van der Waals surface area contributed by atoms with Crippen LogP contribution in [0.25, 0.3) is 22.2 Å². The van der Waals surface area contributed by atoms with Gasteiger partial charge in [0.1, 0.15) is 11.5 Å². The number of pyridine rings is 1. The third-order valence-electron chi connectivity index (χ3n) is 6.23. The van der Waals surface area contributed by atoms with Crippen LogP contribution in [0.5, 0.6) is 5.75 Å². The van der Waals surface area contributed by atoms with Gasteiger partial charge < -0.3 is 10.1 Å². The van der Waals surface area contributed by atoms with Crippen molar-refractivity contribution in [2.75, 3.05) is 19.0 Å². The number of nitrogens with one attached hydrogen (secondary N) is 1. The molecule has 0 radical (unpaired) electrons. The lowest BCUT2D eigenvalue weighted by atomic mass is 9.99. The molecule has 166 valence electrons. The lowest BCUT2D eigenvalue weighted by Gasteiger charge is -2.21. The molecule has 0 saturated carbocycles. The number of fused-ring (bicyclic) bond motifs is 2. The van der Waals surface area contributed by atoms with E-state index in [9.17, 15) is 0 Å². The van der Waals surface area contributed by atoms with Gasteiger partial charge >= 0.3 is 0 Å². The Bertz CT molecular complexity index is 1310. The number of benzene rings is 3. The Hall–Kier alpha value is -3.66. The molecule has 5 rings (SSSR count).